The summed E-state index contributed by atoms with van der Waals surface area (Å²) in [6.45, 7) is 5.93. The van der Waals surface area contributed by atoms with E-state index in [1.165, 1.54) is 18.2 Å². The molecule has 14 heteroatoms. The largest absolute Gasteiger partial charge is 0.490 e. The highest BCUT2D eigenvalue weighted by Gasteiger charge is 2.41. The summed E-state index contributed by atoms with van der Waals surface area (Å²) < 4.78 is 82.5. The predicted molar refractivity (Wildman–Crippen MR) is 177 cm³/mol. The minimum absolute atomic E-state index is 0.0145. The standard InChI is InChI=1S/C28H34F3N3O4.C7H8O3S/c1-18(2)37-27(36)33-12-9-23(10-13-33)38-22-7-5-19(6-8-22)20-3-4-21(24(29)15-20)16-25(32)26(35)34-14-11-28(30,31)17-34;1-6-2-4-7(5-3-6)11(8,9)10/h3-8,15,18,23,25H,9-14,16-17,32H2,1-2H3;2-5H,1H3,(H,8,9,10)/t25-;/m0./s1. The molecule has 2 fully saturated rings. The van der Waals surface area contributed by atoms with Gasteiger partial charge in [-0.2, -0.15) is 8.42 Å². The fraction of sp³-hybridized carbons (Fsp3) is 0.429. The van der Waals surface area contributed by atoms with Gasteiger partial charge in [0.25, 0.3) is 16.0 Å². The SMILES string of the molecule is CC(C)OC(=O)N1CCC(Oc2ccc(-c3ccc(C[C@H](N)C(=O)N4CCC(F)(F)C4)c(F)c3)cc2)CC1.Cc1ccc(S(=O)(=O)O)cc1. The highest BCUT2D eigenvalue weighted by Crippen LogP contribution is 2.29. The first-order chi connectivity index (χ1) is 23.0. The van der Waals surface area contributed by atoms with E-state index in [1.807, 2.05) is 45.0 Å². The lowest BCUT2D eigenvalue weighted by Gasteiger charge is -2.32. The summed E-state index contributed by atoms with van der Waals surface area (Å²) in [5.41, 5.74) is 8.57. The fourth-order valence-corrected chi connectivity index (χ4v) is 5.92. The zero-order valence-electron chi connectivity index (χ0n) is 27.7. The first kappa shape index (κ1) is 37.7. The lowest BCUT2D eigenvalue weighted by Crippen LogP contribution is -2.44. The Morgan fingerprint density at radius 3 is 2.10 bits per heavy atom. The Morgan fingerprint density at radius 1 is 0.959 bits per heavy atom. The Hall–Kier alpha value is -4.14. The Balaban J connectivity index is 0.000000418. The van der Waals surface area contributed by atoms with E-state index in [2.05, 4.69) is 0 Å². The first-order valence-corrected chi connectivity index (χ1v) is 17.4. The molecule has 0 radical (unpaired) electrons. The van der Waals surface area contributed by atoms with Crippen molar-refractivity contribution < 1.29 is 45.2 Å². The van der Waals surface area contributed by atoms with Gasteiger partial charge in [-0.15, -0.1) is 0 Å². The summed E-state index contributed by atoms with van der Waals surface area (Å²) >= 11 is 0. The normalized spacial score (nSPS) is 16.9. The molecule has 3 N–H and O–H groups in total. The monoisotopic (exact) mass is 705 g/mol. The molecule has 0 aromatic heterocycles. The summed E-state index contributed by atoms with van der Waals surface area (Å²) in [5.74, 6) is -3.32. The van der Waals surface area contributed by atoms with Crippen molar-refractivity contribution in [3.8, 4) is 16.9 Å². The molecule has 49 heavy (non-hydrogen) atoms. The fourth-order valence-electron chi connectivity index (χ4n) is 5.44. The molecule has 3 aromatic carbocycles. The van der Waals surface area contributed by atoms with Gasteiger partial charge in [0.05, 0.1) is 23.6 Å². The van der Waals surface area contributed by atoms with Crippen LogP contribution in [0.15, 0.2) is 71.6 Å². The topological polar surface area (TPSA) is 139 Å². The van der Waals surface area contributed by atoms with Crippen LogP contribution in [0.1, 0.15) is 44.2 Å². The minimum Gasteiger partial charge on any atom is -0.490 e. The number of carbonyl (C=O) groups is 2. The molecule has 0 aliphatic carbocycles. The molecule has 2 heterocycles. The number of hydrogen-bond donors (Lipinski definition) is 2. The van der Waals surface area contributed by atoms with Gasteiger partial charge in [-0.05, 0) is 74.2 Å². The quantitative estimate of drug-likeness (QED) is 0.278. The molecule has 0 spiro atoms. The molecule has 266 valence electrons. The molecule has 0 bridgehead atoms. The number of piperidine rings is 1. The molecular weight excluding hydrogens is 663 g/mol. The van der Waals surface area contributed by atoms with Gasteiger partial charge in [0.15, 0.2) is 0 Å². The van der Waals surface area contributed by atoms with Crippen molar-refractivity contribution in [2.75, 3.05) is 26.2 Å². The van der Waals surface area contributed by atoms with E-state index >= 15 is 0 Å². The molecule has 0 unspecified atom stereocenters. The lowest BCUT2D eigenvalue weighted by atomic mass is 9.99. The van der Waals surface area contributed by atoms with Crippen molar-refractivity contribution in [2.45, 2.75) is 75.5 Å². The first-order valence-electron chi connectivity index (χ1n) is 16.0. The second-order valence-corrected chi connectivity index (χ2v) is 14.0. The van der Waals surface area contributed by atoms with E-state index in [-0.39, 0.29) is 48.1 Å². The van der Waals surface area contributed by atoms with Gasteiger partial charge in [-0.25, -0.2) is 18.0 Å². The molecular formula is C35H42F3N3O7S. The van der Waals surface area contributed by atoms with Crippen LogP contribution >= 0.6 is 0 Å². The number of carbonyl (C=O) groups excluding carboxylic acids is 2. The Labute approximate surface area is 284 Å². The summed E-state index contributed by atoms with van der Waals surface area (Å²) in [6.07, 6.45) is 0.476. The highest BCUT2D eigenvalue weighted by atomic mass is 32.2. The van der Waals surface area contributed by atoms with Crippen molar-refractivity contribution in [2.24, 2.45) is 5.73 Å². The number of amides is 2. The van der Waals surface area contributed by atoms with E-state index in [0.717, 1.165) is 16.0 Å². The number of alkyl halides is 2. The molecule has 10 nitrogen and oxygen atoms in total. The van der Waals surface area contributed by atoms with Crippen molar-refractivity contribution in [3.63, 3.8) is 0 Å². The molecule has 0 saturated carbocycles. The highest BCUT2D eigenvalue weighted by molar-refractivity contribution is 7.85. The van der Waals surface area contributed by atoms with Gasteiger partial charge in [-0.1, -0.05) is 42.0 Å². The number of halogens is 3. The third-order valence-electron chi connectivity index (χ3n) is 8.14. The van der Waals surface area contributed by atoms with Gasteiger partial charge in [0.2, 0.25) is 5.91 Å². The summed E-state index contributed by atoms with van der Waals surface area (Å²) in [4.78, 5) is 27.1. The average Bonchev–Trinajstić information content (AvgIpc) is 3.41. The summed E-state index contributed by atoms with van der Waals surface area (Å²) in [6, 6.07) is 16.9. The van der Waals surface area contributed by atoms with E-state index < -0.39 is 40.4 Å². The van der Waals surface area contributed by atoms with Crippen LogP contribution in [0.2, 0.25) is 0 Å². The Kier molecular flexibility index (Phi) is 12.3. The Bertz CT molecular complexity index is 1700. The molecule has 2 aliphatic heterocycles. The number of hydrogen-bond acceptors (Lipinski definition) is 7. The van der Waals surface area contributed by atoms with Crippen molar-refractivity contribution in [1.82, 2.24) is 9.80 Å². The number of nitrogens with two attached hydrogens (primary N) is 1. The average molecular weight is 706 g/mol. The number of benzene rings is 3. The van der Waals surface area contributed by atoms with Gasteiger partial charge in [-0.3, -0.25) is 9.35 Å². The summed E-state index contributed by atoms with van der Waals surface area (Å²) in [5, 5.41) is 0. The van der Waals surface area contributed by atoms with Gasteiger partial charge >= 0.3 is 6.09 Å². The van der Waals surface area contributed by atoms with Crippen LogP contribution in [0.4, 0.5) is 18.0 Å². The number of likely N-dealkylation sites (tertiary alicyclic amines) is 2. The van der Waals surface area contributed by atoms with Crippen LogP contribution in [0.3, 0.4) is 0 Å². The third-order valence-corrected chi connectivity index (χ3v) is 9.01. The molecule has 2 saturated heterocycles. The molecule has 2 aliphatic rings. The van der Waals surface area contributed by atoms with Crippen molar-refractivity contribution >= 4 is 22.1 Å². The maximum Gasteiger partial charge on any atom is 0.410 e. The number of rotatable bonds is 8. The van der Waals surface area contributed by atoms with Gasteiger partial charge < -0.3 is 25.0 Å². The molecule has 5 rings (SSSR count). The van der Waals surface area contributed by atoms with Crippen LogP contribution in [0.25, 0.3) is 11.1 Å². The van der Waals surface area contributed by atoms with Crippen LogP contribution < -0.4 is 10.5 Å². The number of aryl methyl sites for hydroxylation is 1. The zero-order chi connectivity index (χ0) is 35.9. The Morgan fingerprint density at radius 2 is 1.57 bits per heavy atom. The van der Waals surface area contributed by atoms with Crippen LogP contribution in [0, 0.1) is 12.7 Å². The maximum atomic E-state index is 14.8. The van der Waals surface area contributed by atoms with Crippen LogP contribution in [-0.4, -0.2) is 85.1 Å². The molecule has 2 amide bonds. The van der Waals surface area contributed by atoms with Crippen molar-refractivity contribution in [1.29, 1.82) is 0 Å². The van der Waals surface area contributed by atoms with E-state index in [4.69, 9.17) is 19.8 Å². The predicted octanol–water partition coefficient (Wildman–Crippen LogP) is 5.86. The maximum absolute atomic E-state index is 14.8. The minimum atomic E-state index is -4.02. The zero-order valence-corrected chi connectivity index (χ0v) is 28.5. The van der Waals surface area contributed by atoms with Crippen molar-refractivity contribution in [3.05, 3.63) is 83.7 Å². The number of ether oxygens (including phenoxy) is 2. The molecule has 1 atom stereocenters. The smallest absolute Gasteiger partial charge is 0.410 e. The van der Waals surface area contributed by atoms with Crippen LogP contribution in [0.5, 0.6) is 5.75 Å². The molecule has 3 aromatic rings. The van der Waals surface area contributed by atoms with Gasteiger partial charge in [0, 0.05) is 38.9 Å². The third kappa shape index (κ3) is 10.9. The van der Waals surface area contributed by atoms with E-state index in [1.54, 1.807) is 29.2 Å². The van der Waals surface area contributed by atoms with Gasteiger partial charge in [0.1, 0.15) is 17.7 Å². The van der Waals surface area contributed by atoms with E-state index in [0.29, 0.717) is 37.2 Å². The second kappa shape index (κ2) is 16.0. The second-order valence-electron chi connectivity index (χ2n) is 12.5. The summed E-state index contributed by atoms with van der Waals surface area (Å²) in [7, 11) is -4.02. The van der Waals surface area contributed by atoms with Crippen LogP contribution in [-0.2, 0) is 26.1 Å². The number of nitrogens with zero attached hydrogens (tertiary/aromatic N) is 2. The lowest BCUT2D eigenvalue weighted by molar-refractivity contribution is -0.133. The van der Waals surface area contributed by atoms with E-state index in [9.17, 15) is 31.2 Å².